The van der Waals surface area contributed by atoms with E-state index in [0.717, 1.165) is 0 Å². The summed E-state index contributed by atoms with van der Waals surface area (Å²) in [5, 5.41) is 2.14. The second kappa shape index (κ2) is 7.22. The zero-order valence-corrected chi connectivity index (χ0v) is 13.9. The van der Waals surface area contributed by atoms with Gasteiger partial charge in [0, 0.05) is 18.7 Å². The van der Waals surface area contributed by atoms with E-state index in [2.05, 4.69) is 22.0 Å². The topological polar surface area (TPSA) is 55.2 Å². The standard InChI is InChI=1S/C17H12F5N3O2/c1-23-8-6-10-9(26-3-4-27-10)5-7(8)17(24-2)25-16-14(21)12(19)11(18)13(20)15(16)22/h5-6H,1,3-4H2,2H3,(H,24,25). The first-order valence-electron chi connectivity index (χ1n) is 7.55. The number of nitrogens with zero attached hydrogens (tertiary/aromatic N) is 2. The minimum atomic E-state index is -2.25. The van der Waals surface area contributed by atoms with Gasteiger partial charge in [-0.05, 0) is 12.8 Å². The summed E-state index contributed by atoms with van der Waals surface area (Å²) >= 11 is 0. The number of ether oxygens (including phenoxy) is 2. The predicted molar refractivity (Wildman–Crippen MR) is 89.0 cm³/mol. The van der Waals surface area contributed by atoms with Gasteiger partial charge in [-0.25, -0.2) is 22.0 Å². The van der Waals surface area contributed by atoms with Crippen LogP contribution in [0.5, 0.6) is 11.5 Å². The lowest BCUT2D eigenvalue weighted by Gasteiger charge is -2.21. The van der Waals surface area contributed by atoms with Crippen LogP contribution in [-0.2, 0) is 0 Å². The number of hydrogen-bond donors (Lipinski definition) is 1. The van der Waals surface area contributed by atoms with E-state index < -0.39 is 34.8 Å². The Kier molecular flexibility index (Phi) is 4.98. The molecule has 0 bridgehead atoms. The predicted octanol–water partition coefficient (Wildman–Crippen LogP) is 3.97. The van der Waals surface area contributed by atoms with Crippen LogP contribution in [0.1, 0.15) is 5.56 Å². The maximum atomic E-state index is 14.0. The Bertz CT molecular complexity index is 933. The summed E-state index contributed by atoms with van der Waals surface area (Å²) in [5.74, 6) is -9.96. The Labute approximate surface area is 150 Å². The molecule has 0 atom stereocenters. The van der Waals surface area contributed by atoms with E-state index in [1.165, 1.54) is 19.2 Å². The van der Waals surface area contributed by atoms with Crippen LogP contribution in [0.3, 0.4) is 0 Å². The third kappa shape index (κ3) is 3.18. The number of amidine groups is 1. The molecule has 0 unspecified atom stereocenters. The van der Waals surface area contributed by atoms with Crippen LogP contribution in [0.15, 0.2) is 22.1 Å². The van der Waals surface area contributed by atoms with Gasteiger partial charge in [0.15, 0.2) is 34.8 Å². The molecule has 1 N–H and O–H groups in total. The van der Waals surface area contributed by atoms with E-state index in [-0.39, 0.29) is 23.7 Å². The van der Waals surface area contributed by atoms with Gasteiger partial charge in [-0.15, -0.1) is 0 Å². The van der Waals surface area contributed by atoms with Crippen LogP contribution < -0.4 is 14.8 Å². The van der Waals surface area contributed by atoms with Gasteiger partial charge < -0.3 is 14.8 Å². The Hall–Kier alpha value is -3.17. The highest BCUT2D eigenvalue weighted by molar-refractivity contribution is 6.12. The van der Waals surface area contributed by atoms with Crippen molar-refractivity contribution in [3.63, 3.8) is 0 Å². The molecule has 5 nitrogen and oxygen atoms in total. The monoisotopic (exact) mass is 385 g/mol. The minimum absolute atomic E-state index is 0.167. The highest BCUT2D eigenvalue weighted by Gasteiger charge is 2.27. The van der Waals surface area contributed by atoms with Gasteiger partial charge in [0.1, 0.15) is 24.7 Å². The SMILES string of the molecule is C=Nc1cc2c(cc1/C(=N\C)Nc1c(F)c(F)c(F)c(F)c1F)OCCO2. The van der Waals surface area contributed by atoms with Gasteiger partial charge in [0.2, 0.25) is 5.82 Å². The maximum Gasteiger partial charge on any atom is 0.200 e. The van der Waals surface area contributed by atoms with E-state index in [9.17, 15) is 22.0 Å². The van der Waals surface area contributed by atoms with Crippen LogP contribution in [-0.4, -0.2) is 32.8 Å². The summed E-state index contributed by atoms with van der Waals surface area (Å²) in [5.41, 5.74) is -0.867. The molecule has 2 aromatic carbocycles. The molecule has 0 spiro atoms. The summed E-state index contributed by atoms with van der Waals surface area (Å²) in [4.78, 5) is 7.61. The second-order valence-electron chi connectivity index (χ2n) is 5.31. The van der Waals surface area contributed by atoms with Crippen molar-refractivity contribution in [1.82, 2.24) is 0 Å². The zero-order chi connectivity index (χ0) is 19.7. The van der Waals surface area contributed by atoms with Crippen molar-refractivity contribution >= 4 is 23.9 Å². The molecule has 1 aliphatic heterocycles. The molecule has 0 saturated heterocycles. The lowest BCUT2D eigenvalue weighted by molar-refractivity contribution is 0.171. The van der Waals surface area contributed by atoms with Gasteiger partial charge in [-0.3, -0.25) is 9.98 Å². The van der Waals surface area contributed by atoms with Crippen LogP contribution in [0.4, 0.5) is 33.3 Å². The molecule has 0 radical (unpaired) electrons. The van der Waals surface area contributed by atoms with Crippen LogP contribution >= 0.6 is 0 Å². The average molecular weight is 385 g/mol. The number of halogens is 5. The number of rotatable bonds is 3. The Balaban J connectivity index is 2.09. The van der Waals surface area contributed by atoms with Gasteiger partial charge >= 0.3 is 0 Å². The average Bonchev–Trinajstić information content (AvgIpc) is 2.70. The lowest BCUT2D eigenvalue weighted by Crippen LogP contribution is -2.20. The van der Waals surface area contributed by atoms with E-state index in [1.807, 2.05) is 0 Å². The highest BCUT2D eigenvalue weighted by atomic mass is 19.2. The lowest BCUT2D eigenvalue weighted by atomic mass is 10.1. The molecular formula is C17H12F5N3O2. The molecule has 1 heterocycles. The number of nitrogens with one attached hydrogen (secondary N) is 1. The van der Waals surface area contributed by atoms with E-state index in [4.69, 9.17) is 9.47 Å². The normalized spacial score (nSPS) is 13.5. The first-order valence-corrected chi connectivity index (χ1v) is 7.55. The van der Waals surface area contributed by atoms with Crippen molar-refractivity contribution in [2.75, 3.05) is 25.6 Å². The van der Waals surface area contributed by atoms with Crippen molar-refractivity contribution in [2.24, 2.45) is 9.98 Å². The Morgan fingerprint density at radius 3 is 1.96 bits per heavy atom. The smallest absolute Gasteiger partial charge is 0.200 e. The number of anilines is 1. The first kappa shape index (κ1) is 18.6. The largest absolute Gasteiger partial charge is 0.486 e. The quantitative estimate of drug-likeness (QED) is 0.286. The molecule has 27 heavy (non-hydrogen) atoms. The first-order chi connectivity index (χ1) is 12.9. The van der Waals surface area contributed by atoms with Gasteiger partial charge in [0.25, 0.3) is 0 Å². The van der Waals surface area contributed by atoms with Crippen LogP contribution in [0.2, 0.25) is 0 Å². The van der Waals surface area contributed by atoms with E-state index in [0.29, 0.717) is 18.1 Å². The van der Waals surface area contributed by atoms with Crippen molar-refractivity contribution in [3.8, 4) is 11.5 Å². The highest BCUT2D eigenvalue weighted by Crippen LogP contribution is 2.37. The summed E-state index contributed by atoms with van der Waals surface area (Å²) < 4.78 is 78.8. The fraction of sp³-hybridized carbons (Fsp3) is 0.176. The number of hydrogen-bond acceptors (Lipinski definition) is 4. The molecule has 0 aliphatic carbocycles. The van der Waals surface area contributed by atoms with Crippen molar-refractivity contribution in [1.29, 1.82) is 0 Å². The molecule has 1 aliphatic rings. The summed E-state index contributed by atoms with van der Waals surface area (Å²) in [6, 6.07) is 2.88. The van der Waals surface area contributed by atoms with Crippen molar-refractivity contribution < 1.29 is 31.4 Å². The third-order valence-electron chi connectivity index (χ3n) is 3.76. The molecule has 2 aromatic rings. The Morgan fingerprint density at radius 2 is 1.44 bits per heavy atom. The zero-order valence-electron chi connectivity index (χ0n) is 13.9. The molecular weight excluding hydrogens is 373 g/mol. The second-order valence-corrected chi connectivity index (χ2v) is 5.31. The number of fused-ring (bicyclic) bond motifs is 1. The van der Waals surface area contributed by atoms with Crippen molar-refractivity contribution in [3.05, 3.63) is 46.8 Å². The third-order valence-corrected chi connectivity index (χ3v) is 3.76. The van der Waals surface area contributed by atoms with E-state index in [1.54, 1.807) is 0 Å². The fourth-order valence-corrected chi connectivity index (χ4v) is 2.48. The molecule has 0 saturated carbocycles. The van der Waals surface area contributed by atoms with Gasteiger partial charge in [-0.2, -0.15) is 0 Å². The molecule has 0 aromatic heterocycles. The molecule has 142 valence electrons. The molecule has 0 fully saturated rings. The molecule has 0 amide bonds. The Morgan fingerprint density at radius 1 is 0.926 bits per heavy atom. The minimum Gasteiger partial charge on any atom is -0.486 e. The summed E-state index contributed by atoms with van der Waals surface area (Å²) in [6.45, 7) is 3.99. The van der Waals surface area contributed by atoms with Crippen LogP contribution in [0.25, 0.3) is 0 Å². The summed E-state index contributed by atoms with van der Waals surface area (Å²) in [7, 11) is 1.26. The number of aliphatic imine (C=N–C) groups is 2. The number of benzene rings is 2. The van der Waals surface area contributed by atoms with Crippen LogP contribution in [0, 0.1) is 29.1 Å². The molecule has 3 rings (SSSR count). The van der Waals surface area contributed by atoms with Gasteiger partial charge in [0.05, 0.1) is 5.69 Å². The maximum absolute atomic E-state index is 14.0. The summed E-state index contributed by atoms with van der Waals surface area (Å²) in [6.07, 6.45) is 0. The van der Waals surface area contributed by atoms with Crippen molar-refractivity contribution in [2.45, 2.75) is 0 Å². The molecule has 10 heteroatoms. The van der Waals surface area contributed by atoms with Gasteiger partial charge in [-0.1, -0.05) is 0 Å². The van der Waals surface area contributed by atoms with E-state index >= 15 is 0 Å². The fourth-order valence-electron chi connectivity index (χ4n) is 2.48.